The SMILES string of the molecule is COc1ccc(Cl)c(S(=O)(=O)NC(=O)c2nc(C)n(-c3cc(Cl)cc(Cl)c3)c2C)c1. The summed E-state index contributed by atoms with van der Waals surface area (Å²) in [4.78, 5) is 16.7. The summed E-state index contributed by atoms with van der Waals surface area (Å²) in [6.45, 7) is 3.31. The number of benzene rings is 2. The van der Waals surface area contributed by atoms with E-state index < -0.39 is 15.9 Å². The third kappa shape index (κ3) is 4.41. The van der Waals surface area contributed by atoms with Crippen molar-refractivity contribution in [2.24, 2.45) is 0 Å². The Morgan fingerprint density at radius 1 is 1.07 bits per heavy atom. The number of rotatable bonds is 5. The molecule has 1 N–H and O–H groups in total. The zero-order valence-corrected chi connectivity index (χ0v) is 19.1. The summed E-state index contributed by atoms with van der Waals surface area (Å²) in [5.41, 5.74) is 0.939. The van der Waals surface area contributed by atoms with E-state index in [9.17, 15) is 13.2 Å². The summed E-state index contributed by atoms with van der Waals surface area (Å²) in [6, 6.07) is 8.99. The van der Waals surface area contributed by atoms with Crippen molar-refractivity contribution in [3.8, 4) is 11.4 Å². The molecular formula is C19H16Cl3N3O4S. The molecule has 0 atom stereocenters. The number of sulfonamides is 1. The molecule has 0 fully saturated rings. The lowest BCUT2D eigenvalue weighted by molar-refractivity contribution is 0.0976. The molecule has 0 unspecified atom stereocenters. The monoisotopic (exact) mass is 487 g/mol. The van der Waals surface area contributed by atoms with Gasteiger partial charge in [0.2, 0.25) is 0 Å². The van der Waals surface area contributed by atoms with Crippen LogP contribution >= 0.6 is 34.8 Å². The molecule has 7 nitrogen and oxygen atoms in total. The minimum absolute atomic E-state index is 0.0527. The summed E-state index contributed by atoms with van der Waals surface area (Å²) in [5.74, 6) is -0.171. The number of nitrogens with one attached hydrogen (secondary N) is 1. The maximum atomic E-state index is 12.8. The van der Waals surface area contributed by atoms with E-state index in [1.165, 1.54) is 25.3 Å². The predicted octanol–water partition coefficient (Wildman–Crippen LogP) is 4.58. The first-order chi connectivity index (χ1) is 14.0. The topological polar surface area (TPSA) is 90.3 Å². The van der Waals surface area contributed by atoms with Gasteiger partial charge in [0.15, 0.2) is 5.69 Å². The highest BCUT2D eigenvalue weighted by Crippen LogP contribution is 2.27. The summed E-state index contributed by atoms with van der Waals surface area (Å²) in [7, 11) is -2.88. The molecule has 0 saturated carbocycles. The molecule has 11 heteroatoms. The molecule has 1 aromatic heterocycles. The number of ether oxygens (including phenoxy) is 1. The van der Waals surface area contributed by atoms with Gasteiger partial charge in [-0.1, -0.05) is 34.8 Å². The third-order valence-electron chi connectivity index (χ3n) is 4.25. The van der Waals surface area contributed by atoms with Crippen molar-refractivity contribution in [2.45, 2.75) is 18.7 Å². The average Bonchev–Trinajstić information content (AvgIpc) is 2.95. The highest BCUT2D eigenvalue weighted by atomic mass is 35.5. The van der Waals surface area contributed by atoms with Crippen LogP contribution in [0.2, 0.25) is 15.1 Å². The van der Waals surface area contributed by atoms with E-state index in [2.05, 4.69) is 4.98 Å². The van der Waals surface area contributed by atoms with E-state index in [1.807, 2.05) is 4.72 Å². The molecule has 30 heavy (non-hydrogen) atoms. The molecular weight excluding hydrogens is 473 g/mol. The van der Waals surface area contributed by atoms with E-state index in [0.717, 1.165) is 0 Å². The van der Waals surface area contributed by atoms with Crippen molar-refractivity contribution in [1.29, 1.82) is 0 Å². The van der Waals surface area contributed by atoms with Gasteiger partial charge in [-0.05, 0) is 44.2 Å². The molecule has 0 spiro atoms. The lowest BCUT2D eigenvalue weighted by Gasteiger charge is -2.11. The summed E-state index contributed by atoms with van der Waals surface area (Å²) >= 11 is 18.1. The molecule has 0 radical (unpaired) electrons. The Morgan fingerprint density at radius 2 is 1.70 bits per heavy atom. The van der Waals surface area contributed by atoms with Gasteiger partial charge in [-0.25, -0.2) is 18.1 Å². The molecule has 158 valence electrons. The second-order valence-electron chi connectivity index (χ2n) is 6.29. The largest absolute Gasteiger partial charge is 0.497 e. The van der Waals surface area contributed by atoms with Gasteiger partial charge in [0.25, 0.3) is 15.9 Å². The molecule has 1 amide bonds. The van der Waals surface area contributed by atoms with E-state index >= 15 is 0 Å². The van der Waals surface area contributed by atoms with E-state index in [4.69, 9.17) is 39.5 Å². The number of hydrogen-bond donors (Lipinski definition) is 1. The van der Waals surface area contributed by atoms with Crippen LogP contribution < -0.4 is 9.46 Å². The van der Waals surface area contributed by atoms with Crippen LogP contribution in [0.15, 0.2) is 41.3 Å². The maximum Gasteiger partial charge on any atom is 0.285 e. The van der Waals surface area contributed by atoms with Gasteiger partial charge in [0, 0.05) is 21.8 Å². The van der Waals surface area contributed by atoms with Crippen molar-refractivity contribution in [3.63, 3.8) is 0 Å². The highest BCUT2D eigenvalue weighted by Gasteiger charge is 2.26. The standard InChI is InChI=1S/C19H16Cl3N3O4S/c1-10-18(23-11(2)25(10)14-7-12(20)6-13(21)8-14)19(26)24-30(27,28)17-9-15(29-3)4-5-16(17)22/h4-9H,1-3H3,(H,24,26). The van der Waals surface area contributed by atoms with E-state index in [-0.39, 0.29) is 21.4 Å². The Balaban J connectivity index is 1.99. The predicted molar refractivity (Wildman–Crippen MR) is 116 cm³/mol. The van der Waals surface area contributed by atoms with Gasteiger partial charge < -0.3 is 9.30 Å². The first-order valence-electron chi connectivity index (χ1n) is 8.46. The third-order valence-corrected chi connectivity index (χ3v) is 6.50. The van der Waals surface area contributed by atoms with Crippen molar-refractivity contribution >= 4 is 50.7 Å². The first-order valence-corrected chi connectivity index (χ1v) is 11.1. The molecule has 0 saturated heterocycles. The van der Waals surface area contributed by atoms with Crippen LogP contribution in [0.3, 0.4) is 0 Å². The summed E-state index contributed by atoms with van der Waals surface area (Å²) in [6.07, 6.45) is 0. The second kappa shape index (κ2) is 8.47. The number of nitrogens with zero attached hydrogens (tertiary/aromatic N) is 2. The molecule has 0 bridgehead atoms. The highest BCUT2D eigenvalue weighted by molar-refractivity contribution is 7.90. The fourth-order valence-corrected chi connectivity index (χ4v) is 4.93. The summed E-state index contributed by atoms with van der Waals surface area (Å²) < 4.78 is 34.1. The number of imidazole rings is 1. The number of carbonyl (C=O) groups excluding carboxylic acids is 1. The fourth-order valence-electron chi connectivity index (χ4n) is 2.95. The van der Waals surface area contributed by atoms with E-state index in [1.54, 1.807) is 36.6 Å². The van der Waals surface area contributed by atoms with Crippen molar-refractivity contribution in [1.82, 2.24) is 14.3 Å². The number of aromatic nitrogens is 2. The minimum atomic E-state index is -4.27. The molecule has 1 heterocycles. The van der Waals surface area contributed by atoms with Crippen molar-refractivity contribution in [2.75, 3.05) is 7.11 Å². The van der Waals surface area contributed by atoms with Crippen LogP contribution in [0, 0.1) is 13.8 Å². The fraction of sp³-hybridized carbons (Fsp3) is 0.158. The Morgan fingerprint density at radius 3 is 2.30 bits per heavy atom. The number of hydrogen-bond acceptors (Lipinski definition) is 5. The molecule has 0 aliphatic carbocycles. The number of aryl methyl sites for hydroxylation is 1. The number of carbonyl (C=O) groups is 1. The molecule has 3 rings (SSSR count). The van der Waals surface area contributed by atoms with E-state index in [0.29, 0.717) is 27.3 Å². The normalized spacial score (nSPS) is 11.4. The minimum Gasteiger partial charge on any atom is -0.497 e. The Bertz CT molecular complexity index is 1240. The van der Waals surface area contributed by atoms with Crippen LogP contribution in [0.25, 0.3) is 5.69 Å². The molecule has 3 aromatic rings. The van der Waals surface area contributed by atoms with Gasteiger partial charge in [0.1, 0.15) is 16.5 Å². The van der Waals surface area contributed by atoms with Gasteiger partial charge in [-0.15, -0.1) is 0 Å². The number of amides is 1. The zero-order chi connectivity index (χ0) is 22.2. The van der Waals surface area contributed by atoms with Gasteiger partial charge in [-0.2, -0.15) is 0 Å². The molecule has 0 aliphatic heterocycles. The number of halogens is 3. The van der Waals surface area contributed by atoms with Gasteiger partial charge in [0.05, 0.1) is 17.8 Å². The van der Waals surface area contributed by atoms with Crippen molar-refractivity contribution in [3.05, 3.63) is 68.7 Å². The van der Waals surface area contributed by atoms with Crippen LogP contribution in [0.5, 0.6) is 5.75 Å². The van der Waals surface area contributed by atoms with Gasteiger partial charge >= 0.3 is 0 Å². The maximum absolute atomic E-state index is 12.8. The Hall–Kier alpha value is -2.26. The smallest absolute Gasteiger partial charge is 0.285 e. The van der Waals surface area contributed by atoms with Crippen LogP contribution in [-0.4, -0.2) is 31.0 Å². The quantitative estimate of drug-likeness (QED) is 0.568. The van der Waals surface area contributed by atoms with Crippen molar-refractivity contribution < 1.29 is 17.9 Å². The lowest BCUT2D eigenvalue weighted by Crippen LogP contribution is -2.31. The van der Waals surface area contributed by atoms with Gasteiger partial charge in [-0.3, -0.25) is 4.79 Å². The summed E-state index contributed by atoms with van der Waals surface area (Å²) in [5, 5.41) is 0.764. The second-order valence-corrected chi connectivity index (χ2v) is 9.22. The average molecular weight is 489 g/mol. The Labute approximate surface area is 188 Å². The lowest BCUT2D eigenvalue weighted by atomic mass is 10.3. The zero-order valence-electron chi connectivity index (χ0n) is 16.0. The van der Waals surface area contributed by atoms with Crippen LogP contribution in [0.4, 0.5) is 0 Å². The van der Waals surface area contributed by atoms with Crippen LogP contribution in [-0.2, 0) is 10.0 Å². The molecule has 2 aromatic carbocycles. The molecule has 0 aliphatic rings. The first kappa shape index (κ1) is 22.4. The Kier molecular flexibility index (Phi) is 6.33. The number of methoxy groups -OCH3 is 1. The van der Waals surface area contributed by atoms with Crippen LogP contribution in [0.1, 0.15) is 22.0 Å².